The van der Waals surface area contributed by atoms with Crippen LogP contribution < -0.4 is 16.2 Å². The number of hydrogen-bond acceptors (Lipinski definition) is 6. The van der Waals surface area contributed by atoms with E-state index in [4.69, 9.17) is 11.5 Å². The molecule has 0 aliphatic carbocycles. The topological polar surface area (TPSA) is 117 Å². The lowest BCUT2D eigenvalue weighted by atomic mass is 10.2. The van der Waals surface area contributed by atoms with Crippen LogP contribution in [-0.2, 0) is 6.54 Å². The second kappa shape index (κ2) is 4.41. The van der Waals surface area contributed by atoms with E-state index < -0.39 is 35.1 Å². The third kappa shape index (κ3) is 2.93. The lowest BCUT2D eigenvalue weighted by Gasteiger charge is -2.11. The van der Waals surface area contributed by atoms with Gasteiger partial charge in [0.2, 0.25) is 5.88 Å². The lowest BCUT2D eigenvalue weighted by Crippen LogP contribution is -2.20. The van der Waals surface area contributed by atoms with E-state index >= 15 is 0 Å². The third-order valence-corrected chi connectivity index (χ3v) is 1.78. The largest absolute Gasteiger partial charge is 0.574 e. The van der Waals surface area contributed by atoms with Crippen LogP contribution in [0.15, 0.2) is 6.20 Å². The van der Waals surface area contributed by atoms with Crippen LogP contribution in [0.3, 0.4) is 0 Å². The molecule has 7 nitrogen and oxygen atoms in total. The van der Waals surface area contributed by atoms with Crippen LogP contribution in [-0.4, -0.2) is 16.3 Å². The highest BCUT2D eigenvalue weighted by molar-refractivity contribution is 5.62. The average molecular weight is 252 g/mol. The van der Waals surface area contributed by atoms with Crippen molar-refractivity contribution in [2.24, 2.45) is 5.73 Å². The summed E-state index contributed by atoms with van der Waals surface area (Å²) in [5.41, 5.74) is 9.03. The third-order valence-electron chi connectivity index (χ3n) is 1.78. The van der Waals surface area contributed by atoms with Crippen molar-refractivity contribution in [2.45, 2.75) is 12.9 Å². The molecule has 0 unspecified atom stereocenters. The highest BCUT2D eigenvalue weighted by atomic mass is 19.4. The molecular formula is C7H7F3N4O3. The number of pyridine rings is 1. The first-order valence-corrected chi connectivity index (χ1v) is 4.13. The van der Waals surface area contributed by atoms with E-state index in [0.29, 0.717) is 6.20 Å². The van der Waals surface area contributed by atoms with Crippen molar-refractivity contribution in [1.29, 1.82) is 0 Å². The molecule has 0 bridgehead atoms. The van der Waals surface area contributed by atoms with Gasteiger partial charge in [0, 0.05) is 6.54 Å². The van der Waals surface area contributed by atoms with Crippen LogP contribution in [0.5, 0.6) is 5.88 Å². The summed E-state index contributed by atoms with van der Waals surface area (Å²) in [6, 6.07) is 0. The first-order chi connectivity index (χ1) is 7.76. The van der Waals surface area contributed by atoms with Crippen molar-refractivity contribution in [3.8, 4) is 5.88 Å². The van der Waals surface area contributed by atoms with Gasteiger partial charge >= 0.3 is 6.36 Å². The highest BCUT2D eigenvalue weighted by Crippen LogP contribution is 2.32. The number of hydrogen-bond donors (Lipinski definition) is 2. The summed E-state index contributed by atoms with van der Waals surface area (Å²) in [4.78, 5) is 12.8. The zero-order valence-electron chi connectivity index (χ0n) is 8.19. The molecule has 17 heavy (non-hydrogen) atoms. The molecule has 0 saturated carbocycles. The minimum absolute atomic E-state index is 0.260. The number of nitrogens with zero attached hydrogens (tertiary/aromatic N) is 2. The van der Waals surface area contributed by atoms with Crippen molar-refractivity contribution < 1.29 is 22.8 Å². The fourth-order valence-electron chi connectivity index (χ4n) is 1.10. The van der Waals surface area contributed by atoms with Gasteiger partial charge in [-0.1, -0.05) is 0 Å². The second-order valence-electron chi connectivity index (χ2n) is 2.85. The van der Waals surface area contributed by atoms with Crippen molar-refractivity contribution in [3.63, 3.8) is 0 Å². The van der Waals surface area contributed by atoms with Crippen LogP contribution in [0.25, 0.3) is 0 Å². The van der Waals surface area contributed by atoms with Crippen LogP contribution >= 0.6 is 0 Å². The molecule has 0 aliphatic heterocycles. The number of nitrogen functional groups attached to an aromatic ring is 1. The number of nitro groups is 1. The maximum atomic E-state index is 11.9. The molecular weight excluding hydrogens is 245 g/mol. The quantitative estimate of drug-likeness (QED) is 0.610. The summed E-state index contributed by atoms with van der Waals surface area (Å²) in [5.74, 6) is -0.955. The summed E-state index contributed by atoms with van der Waals surface area (Å²) < 4.78 is 39.3. The van der Waals surface area contributed by atoms with Crippen molar-refractivity contribution >= 4 is 11.4 Å². The number of nitrogens with two attached hydrogens (primary N) is 2. The molecule has 0 fully saturated rings. The van der Waals surface area contributed by atoms with E-state index in [2.05, 4.69) is 9.72 Å². The molecule has 1 aromatic rings. The van der Waals surface area contributed by atoms with Gasteiger partial charge in [-0.3, -0.25) is 10.1 Å². The van der Waals surface area contributed by atoms with Crippen molar-refractivity contribution in [1.82, 2.24) is 4.98 Å². The molecule has 0 aromatic carbocycles. The number of rotatable bonds is 3. The van der Waals surface area contributed by atoms with Gasteiger partial charge in [0.1, 0.15) is 11.9 Å². The minimum Gasteiger partial charge on any atom is -0.394 e. The second-order valence-corrected chi connectivity index (χ2v) is 2.85. The Morgan fingerprint density at radius 2 is 2.12 bits per heavy atom. The molecule has 10 heteroatoms. The molecule has 0 saturated heterocycles. The summed E-state index contributed by atoms with van der Waals surface area (Å²) in [6.07, 6.45) is -4.37. The smallest absolute Gasteiger partial charge is 0.394 e. The Morgan fingerprint density at radius 3 is 2.53 bits per heavy atom. The van der Waals surface area contributed by atoms with Gasteiger partial charge in [0.25, 0.3) is 5.69 Å². The van der Waals surface area contributed by atoms with Crippen molar-refractivity contribution in [3.05, 3.63) is 21.9 Å². The monoisotopic (exact) mass is 252 g/mol. The Balaban J connectivity index is 3.25. The standard InChI is InChI=1S/C7H7F3N4O3/c8-7(9,10)17-6-5(12)3(1-11)4(2-13-6)14(15)16/h2H,1,11-12H2. The molecule has 0 amide bonds. The number of aromatic nitrogens is 1. The summed E-state index contributed by atoms with van der Waals surface area (Å²) in [5, 5.41) is 10.5. The number of halogens is 3. The van der Waals surface area contributed by atoms with Gasteiger partial charge < -0.3 is 16.2 Å². The number of ether oxygens (including phenoxy) is 1. The average Bonchev–Trinajstić information content (AvgIpc) is 2.18. The Hall–Kier alpha value is -2.10. The van der Waals surface area contributed by atoms with Gasteiger partial charge in [0.05, 0.1) is 10.5 Å². The normalized spacial score (nSPS) is 11.3. The molecule has 0 aliphatic rings. The van der Waals surface area contributed by atoms with Crippen LogP contribution in [0.1, 0.15) is 5.56 Å². The minimum atomic E-state index is -4.98. The van der Waals surface area contributed by atoms with Crippen LogP contribution in [0.4, 0.5) is 24.5 Å². The molecule has 4 N–H and O–H groups in total. The highest BCUT2D eigenvalue weighted by Gasteiger charge is 2.34. The fourth-order valence-corrected chi connectivity index (χ4v) is 1.10. The summed E-state index contributed by atoms with van der Waals surface area (Å²) >= 11 is 0. The molecule has 0 atom stereocenters. The van der Waals surface area contributed by atoms with E-state index in [1.165, 1.54) is 0 Å². The Labute approximate surface area is 92.3 Å². The van der Waals surface area contributed by atoms with E-state index in [1.54, 1.807) is 0 Å². The number of anilines is 1. The SMILES string of the molecule is NCc1c([N+](=O)[O-])cnc(OC(F)(F)F)c1N. The summed E-state index contributed by atoms with van der Waals surface area (Å²) in [7, 11) is 0. The Morgan fingerprint density at radius 1 is 1.53 bits per heavy atom. The van der Waals surface area contributed by atoms with E-state index in [9.17, 15) is 23.3 Å². The summed E-state index contributed by atoms with van der Waals surface area (Å²) in [6.45, 7) is -0.404. The zero-order valence-corrected chi connectivity index (χ0v) is 8.19. The predicted octanol–water partition coefficient (Wildman–Crippen LogP) is 0.929. The Bertz CT molecular complexity index is 449. The number of alkyl halides is 3. The predicted molar refractivity (Wildman–Crippen MR) is 49.9 cm³/mol. The van der Waals surface area contributed by atoms with Gasteiger partial charge in [-0.2, -0.15) is 0 Å². The van der Waals surface area contributed by atoms with E-state index in [-0.39, 0.29) is 5.56 Å². The maximum absolute atomic E-state index is 11.9. The molecule has 94 valence electrons. The van der Waals surface area contributed by atoms with Crippen LogP contribution in [0.2, 0.25) is 0 Å². The molecule has 0 spiro atoms. The lowest BCUT2D eigenvalue weighted by molar-refractivity contribution is -0.385. The molecule has 0 radical (unpaired) electrons. The molecule has 1 rings (SSSR count). The molecule has 1 aromatic heterocycles. The van der Waals surface area contributed by atoms with Crippen molar-refractivity contribution in [2.75, 3.05) is 5.73 Å². The van der Waals surface area contributed by atoms with E-state index in [1.807, 2.05) is 0 Å². The Kier molecular flexibility index (Phi) is 3.36. The maximum Gasteiger partial charge on any atom is 0.574 e. The van der Waals surface area contributed by atoms with Gasteiger partial charge in [-0.15, -0.1) is 13.2 Å². The van der Waals surface area contributed by atoms with Gasteiger partial charge in [-0.05, 0) is 0 Å². The van der Waals surface area contributed by atoms with Gasteiger partial charge in [-0.25, -0.2) is 4.98 Å². The molecule has 1 heterocycles. The van der Waals surface area contributed by atoms with Crippen LogP contribution in [0, 0.1) is 10.1 Å². The zero-order chi connectivity index (χ0) is 13.2. The first kappa shape index (κ1) is 13.0. The van der Waals surface area contributed by atoms with Gasteiger partial charge in [0.15, 0.2) is 0 Å². The fraction of sp³-hybridized carbons (Fsp3) is 0.286. The first-order valence-electron chi connectivity index (χ1n) is 4.13. The van der Waals surface area contributed by atoms with E-state index in [0.717, 1.165) is 0 Å².